The minimum absolute atomic E-state index is 0.450. The topological polar surface area (TPSA) is 23.8 Å². The van der Waals surface area contributed by atoms with Crippen LogP contribution in [0.2, 0.25) is 0 Å². The first-order chi connectivity index (χ1) is 8.92. The normalized spacial score (nSPS) is 21.6. The number of rotatable bonds is 3. The Hall–Kier alpha value is -1.03. The molecule has 2 aliphatic carbocycles. The predicted octanol–water partition coefficient (Wildman–Crippen LogP) is 5.30. The van der Waals surface area contributed by atoms with Crippen LogP contribution in [-0.4, -0.2) is 0 Å². The fourth-order valence-corrected chi connectivity index (χ4v) is 3.30. The molecule has 0 saturated heterocycles. The summed E-state index contributed by atoms with van der Waals surface area (Å²) < 4.78 is 0. The van der Waals surface area contributed by atoms with Gasteiger partial charge in [-0.2, -0.15) is 5.26 Å². The van der Waals surface area contributed by atoms with Crippen LogP contribution in [0.25, 0.3) is 0 Å². The van der Waals surface area contributed by atoms with Crippen LogP contribution in [-0.2, 0) is 0 Å². The van der Waals surface area contributed by atoms with Crippen molar-refractivity contribution in [2.24, 2.45) is 5.92 Å². The van der Waals surface area contributed by atoms with Gasteiger partial charge in [0.25, 0.3) is 0 Å². The van der Waals surface area contributed by atoms with Gasteiger partial charge in [-0.05, 0) is 51.4 Å². The third-order valence-corrected chi connectivity index (χ3v) is 4.34. The standard InChI is InChI=1S/C17H25N/c18-14-13-17(15-9-5-1-2-6-10-15)16-11-7-3-4-8-12-16/h9,11,17H,1-8,10,12-13H2. The van der Waals surface area contributed by atoms with E-state index in [2.05, 4.69) is 18.2 Å². The molecule has 0 bridgehead atoms. The maximum absolute atomic E-state index is 9.13. The Kier molecular flexibility index (Phi) is 5.52. The summed E-state index contributed by atoms with van der Waals surface area (Å²) in [6.07, 6.45) is 18.5. The molecule has 1 nitrogen and oxygen atoms in total. The SMILES string of the molecule is N#CCC(C1=CCCCCC1)C1=CCCCCC1. The molecule has 0 radical (unpaired) electrons. The highest BCUT2D eigenvalue weighted by atomic mass is 14.3. The lowest BCUT2D eigenvalue weighted by Gasteiger charge is -2.20. The van der Waals surface area contributed by atoms with E-state index in [0.717, 1.165) is 0 Å². The minimum atomic E-state index is 0.450. The third-order valence-electron chi connectivity index (χ3n) is 4.34. The highest BCUT2D eigenvalue weighted by Gasteiger charge is 2.20. The Labute approximate surface area is 112 Å². The number of nitrogens with zero attached hydrogens (tertiary/aromatic N) is 1. The van der Waals surface area contributed by atoms with Crippen molar-refractivity contribution in [2.75, 3.05) is 0 Å². The highest BCUT2D eigenvalue weighted by Crippen LogP contribution is 2.34. The van der Waals surface area contributed by atoms with Gasteiger partial charge in [0, 0.05) is 12.3 Å². The van der Waals surface area contributed by atoms with Crippen molar-refractivity contribution in [2.45, 2.75) is 70.6 Å². The molecule has 0 aliphatic heterocycles. The molecule has 1 heteroatoms. The average Bonchev–Trinajstić information content (AvgIpc) is 2.80. The molecule has 0 amide bonds. The molecule has 0 unspecified atom stereocenters. The van der Waals surface area contributed by atoms with E-state index < -0.39 is 0 Å². The molecule has 0 saturated carbocycles. The van der Waals surface area contributed by atoms with Gasteiger partial charge in [-0.15, -0.1) is 0 Å². The summed E-state index contributed by atoms with van der Waals surface area (Å²) in [5, 5.41) is 9.13. The first-order valence-electron chi connectivity index (χ1n) is 7.66. The zero-order chi connectivity index (χ0) is 12.6. The predicted molar refractivity (Wildman–Crippen MR) is 76.1 cm³/mol. The lowest BCUT2D eigenvalue weighted by Crippen LogP contribution is -2.07. The van der Waals surface area contributed by atoms with Gasteiger partial charge in [-0.25, -0.2) is 0 Å². The second-order valence-electron chi connectivity index (χ2n) is 5.67. The van der Waals surface area contributed by atoms with Crippen molar-refractivity contribution in [1.82, 2.24) is 0 Å². The van der Waals surface area contributed by atoms with E-state index in [4.69, 9.17) is 5.26 Å². The molecule has 2 aliphatic rings. The smallest absolute Gasteiger partial charge is 0.0631 e. The maximum Gasteiger partial charge on any atom is 0.0631 e. The van der Waals surface area contributed by atoms with Crippen LogP contribution in [0, 0.1) is 17.2 Å². The zero-order valence-electron chi connectivity index (χ0n) is 11.5. The number of hydrogen-bond donors (Lipinski definition) is 0. The molecule has 0 aromatic carbocycles. The van der Waals surface area contributed by atoms with Crippen LogP contribution < -0.4 is 0 Å². The molecule has 0 aromatic rings. The molecule has 0 heterocycles. The van der Waals surface area contributed by atoms with Crippen molar-refractivity contribution in [3.8, 4) is 6.07 Å². The first kappa shape index (κ1) is 13.4. The summed E-state index contributed by atoms with van der Waals surface area (Å²) in [6.45, 7) is 0. The van der Waals surface area contributed by atoms with Gasteiger partial charge in [0.2, 0.25) is 0 Å². The highest BCUT2D eigenvalue weighted by molar-refractivity contribution is 5.24. The van der Waals surface area contributed by atoms with E-state index in [9.17, 15) is 0 Å². The monoisotopic (exact) mass is 243 g/mol. The lowest BCUT2D eigenvalue weighted by molar-refractivity contribution is 0.620. The summed E-state index contributed by atoms with van der Waals surface area (Å²) in [5.74, 6) is 0.450. The second-order valence-corrected chi connectivity index (χ2v) is 5.67. The molecule has 0 aromatic heterocycles. The van der Waals surface area contributed by atoms with E-state index in [-0.39, 0.29) is 0 Å². The van der Waals surface area contributed by atoms with Crippen LogP contribution in [0.4, 0.5) is 0 Å². The second kappa shape index (κ2) is 7.41. The van der Waals surface area contributed by atoms with Crippen LogP contribution in [0.1, 0.15) is 70.6 Å². The van der Waals surface area contributed by atoms with Crippen molar-refractivity contribution >= 4 is 0 Å². The molecule has 0 spiro atoms. The summed E-state index contributed by atoms with van der Waals surface area (Å²) in [4.78, 5) is 0. The van der Waals surface area contributed by atoms with Gasteiger partial charge in [-0.3, -0.25) is 0 Å². The van der Waals surface area contributed by atoms with Gasteiger partial charge in [0.15, 0.2) is 0 Å². The van der Waals surface area contributed by atoms with Crippen molar-refractivity contribution in [1.29, 1.82) is 5.26 Å². The fraction of sp³-hybridized carbons (Fsp3) is 0.706. The summed E-state index contributed by atoms with van der Waals surface area (Å²) >= 11 is 0. The molecule has 0 N–H and O–H groups in total. The summed E-state index contributed by atoms with van der Waals surface area (Å²) in [6, 6.07) is 2.42. The van der Waals surface area contributed by atoms with E-state index in [0.29, 0.717) is 12.3 Å². The lowest BCUT2D eigenvalue weighted by atomic mass is 9.84. The van der Waals surface area contributed by atoms with Crippen LogP contribution in [0.3, 0.4) is 0 Å². The van der Waals surface area contributed by atoms with Crippen molar-refractivity contribution in [3.63, 3.8) is 0 Å². The van der Waals surface area contributed by atoms with Gasteiger partial charge in [-0.1, -0.05) is 36.1 Å². The molecule has 0 fully saturated rings. The number of nitriles is 1. The Bertz CT molecular complexity index is 328. The Morgan fingerprint density at radius 3 is 1.94 bits per heavy atom. The Morgan fingerprint density at radius 2 is 1.44 bits per heavy atom. The molecule has 0 atom stereocenters. The van der Waals surface area contributed by atoms with Crippen molar-refractivity contribution < 1.29 is 0 Å². The largest absolute Gasteiger partial charge is 0.198 e. The van der Waals surface area contributed by atoms with E-state index in [1.54, 1.807) is 11.1 Å². The molecule has 18 heavy (non-hydrogen) atoms. The molecular formula is C17H25N. The molecule has 98 valence electrons. The average molecular weight is 243 g/mol. The number of hydrogen-bond acceptors (Lipinski definition) is 1. The van der Waals surface area contributed by atoms with Crippen LogP contribution in [0.5, 0.6) is 0 Å². The molecular weight excluding hydrogens is 218 g/mol. The fourth-order valence-electron chi connectivity index (χ4n) is 3.30. The van der Waals surface area contributed by atoms with Gasteiger partial charge in [0.1, 0.15) is 0 Å². The van der Waals surface area contributed by atoms with Gasteiger partial charge in [0.05, 0.1) is 6.07 Å². The van der Waals surface area contributed by atoms with Crippen molar-refractivity contribution in [3.05, 3.63) is 23.3 Å². The maximum atomic E-state index is 9.13. The number of allylic oxidation sites excluding steroid dienone is 4. The molecule has 2 rings (SSSR count). The van der Waals surface area contributed by atoms with Gasteiger partial charge >= 0.3 is 0 Å². The zero-order valence-corrected chi connectivity index (χ0v) is 11.5. The van der Waals surface area contributed by atoms with E-state index >= 15 is 0 Å². The quantitative estimate of drug-likeness (QED) is 0.617. The van der Waals surface area contributed by atoms with E-state index in [1.807, 2.05) is 0 Å². The first-order valence-corrected chi connectivity index (χ1v) is 7.66. The van der Waals surface area contributed by atoms with Crippen LogP contribution in [0.15, 0.2) is 23.3 Å². The minimum Gasteiger partial charge on any atom is -0.198 e. The Balaban J connectivity index is 2.13. The summed E-state index contributed by atoms with van der Waals surface area (Å²) in [7, 11) is 0. The van der Waals surface area contributed by atoms with Gasteiger partial charge < -0.3 is 0 Å². The summed E-state index contributed by atoms with van der Waals surface area (Å²) in [5.41, 5.74) is 3.14. The van der Waals surface area contributed by atoms with Crippen LogP contribution >= 0.6 is 0 Å². The van der Waals surface area contributed by atoms with E-state index in [1.165, 1.54) is 64.2 Å². The third kappa shape index (κ3) is 3.73. The Morgan fingerprint density at radius 1 is 0.889 bits per heavy atom.